The van der Waals surface area contributed by atoms with Crippen molar-refractivity contribution in [2.24, 2.45) is 5.92 Å². The predicted molar refractivity (Wildman–Crippen MR) is 76.3 cm³/mol. The number of methoxy groups -OCH3 is 1. The summed E-state index contributed by atoms with van der Waals surface area (Å²) in [6, 6.07) is 5.73. The summed E-state index contributed by atoms with van der Waals surface area (Å²) < 4.78 is 31.0. The Hall–Kier alpha value is -1.44. The highest BCUT2D eigenvalue weighted by molar-refractivity contribution is 7.89. The van der Waals surface area contributed by atoms with Gasteiger partial charge in [0.1, 0.15) is 0 Å². The van der Waals surface area contributed by atoms with Crippen molar-refractivity contribution in [1.82, 2.24) is 4.31 Å². The summed E-state index contributed by atoms with van der Waals surface area (Å²) in [5.41, 5.74) is 0.185. The molecule has 0 spiro atoms. The maximum absolute atomic E-state index is 12.6. The first kappa shape index (κ1) is 15.9. The van der Waals surface area contributed by atoms with E-state index in [-0.39, 0.29) is 22.9 Å². The van der Waals surface area contributed by atoms with Crippen LogP contribution in [0.1, 0.15) is 23.7 Å². The molecular formula is C14H19NO5S. The lowest BCUT2D eigenvalue weighted by Crippen LogP contribution is -2.45. The number of carbonyl (C=O) groups is 1. The topological polar surface area (TPSA) is 83.9 Å². The molecule has 0 saturated carbocycles. The fourth-order valence-electron chi connectivity index (χ4n) is 2.29. The van der Waals surface area contributed by atoms with Gasteiger partial charge in [-0.25, -0.2) is 13.2 Å². The van der Waals surface area contributed by atoms with E-state index < -0.39 is 22.1 Å². The van der Waals surface area contributed by atoms with E-state index >= 15 is 0 Å². The highest BCUT2D eigenvalue weighted by Gasteiger charge is 2.33. The Balaban J connectivity index is 2.30. The second-order valence-corrected chi connectivity index (χ2v) is 7.15. The molecule has 1 saturated heterocycles. The van der Waals surface area contributed by atoms with Crippen LogP contribution in [0.3, 0.4) is 0 Å². The van der Waals surface area contributed by atoms with E-state index in [1.54, 1.807) is 0 Å². The molecule has 0 radical (unpaired) electrons. The van der Waals surface area contributed by atoms with Crippen LogP contribution in [0.5, 0.6) is 0 Å². The van der Waals surface area contributed by atoms with Crippen molar-refractivity contribution in [3.8, 4) is 0 Å². The minimum atomic E-state index is -3.72. The number of benzene rings is 1. The maximum atomic E-state index is 12.6. The zero-order chi connectivity index (χ0) is 15.6. The Morgan fingerprint density at radius 2 is 2.14 bits per heavy atom. The highest BCUT2D eigenvalue weighted by atomic mass is 32.2. The second kappa shape index (κ2) is 6.13. The van der Waals surface area contributed by atoms with Crippen molar-refractivity contribution < 1.29 is 23.1 Å². The van der Waals surface area contributed by atoms with Gasteiger partial charge in [-0.15, -0.1) is 0 Å². The van der Waals surface area contributed by atoms with Gasteiger partial charge in [0, 0.05) is 13.1 Å². The molecule has 116 valence electrons. The van der Waals surface area contributed by atoms with Gasteiger partial charge in [-0.05, 0) is 30.5 Å². The first-order valence-corrected chi connectivity index (χ1v) is 8.17. The molecule has 21 heavy (non-hydrogen) atoms. The molecule has 0 aliphatic carbocycles. The van der Waals surface area contributed by atoms with Crippen molar-refractivity contribution >= 4 is 16.0 Å². The molecule has 0 aromatic heterocycles. The lowest BCUT2D eigenvalue weighted by Gasteiger charge is -2.33. The monoisotopic (exact) mass is 313 g/mol. The molecule has 1 heterocycles. The Morgan fingerprint density at radius 1 is 1.43 bits per heavy atom. The van der Waals surface area contributed by atoms with Crippen molar-refractivity contribution in [3.63, 3.8) is 0 Å². The van der Waals surface area contributed by atoms with Gasteiger partial charge in [0.15, 0.2) is 0 Å². The molecule has 2 rings (SSSR count). The number of esters is 1. The molecule has 1 aliphatic rings. The number of piperidine rings is 1. The summed E-state index contributed by atoms with van der Waals surface area (Å²) in [7, 11) is -2.48. The molecule has 1 fully saturated rings. The number of rotatable bonds is 3. The number of hydrogen-bond donors (Lipinski definition) is 1. The molecule has 2 atom stereocenters. The number of sulfonamides is 1. The maximum Gasteiger partial charge on any atom is 0.337 e. The van der Waals surface area contributed by atoms with Crippen molar-refractivity contribution in [1.29, 1.82) is 0 Å². The molecule has 0 bridgehead atoms. The number of aliphatic hydroxyl groups excluding tert-OH is 1. The fraction of sp³-hybridized carbons (Fsp3) is 0.500. The lowest BCUT2D eigenvalue weighted by molar-refractivity contribution is 0.0596. The number of nitrogens with zero attached hydrogens (tertiary/aromatic N) is 1. The standard InChI is InChI=1S/C14H19NO5S/c1-10-6-7-15(9-13(10)16)21(18,19)12-5-3-4-11(8-12)14(17)20-2/h3-5,8,10,13,16H,6-7,9H2,1-2H3. The van der Waals surface area contributed by atoms with Crippen LogP contribution in [0.4, 0.5) is 0 Å². The van der Waals surface area contributed by atoms with Crippen LogP contribution >= 0.6 is 0 Å². The third kappa shape index (κ3) is 3.25. The quantitative estimate of drug-likeness (QED) is 0.837. The van der Waals surface area contributed by atoms with Crippen molar-refractivity contribution in [2.75, 3.05) is 20.2 Å². The Kier molecular flexibility index (Phi) is 4.65. The average molecular weight is 313 g/mol. The number of aliphatic hydroxyl groups is 1. The van der Waals surface area contributed by atoms with Crippen molar-refractivity contribution in [3.05, 3.63) is 29.8 Å². The summed E-state index contributed by atoms with van der Waals surface area (Å²) in [5.74, 6) is -0.503. The zero-order valence-corrected chi connectivity index (χ0v) is 12.8. The first-order valence-electron chi connectivity index (χ1n) is 6.73. The van der Waals surface area contributed by atoms with E-state index in [1.807, 2.05) is 6.92 Å². The van der Waals surface area contributed by atoms with Crippen LogP contribution in [0, 0.1) is 5.92 Å². The van der Waals surface area contributed by atoms with Gasteiger partial charge in [-0.1, -0.05) is 13.0 Å². The number of ether oxygens (including phenoxy) is 1. The van der Waals surface area contributed by atoms with E-state index in [1.165, 1.54) is 35.7 Å². The van der Waals surface area contributed by atoms with E-state index in [9.17, 15) is 18.3 Å². The van der Waals surface area contributed by atoms with Crippen LogP contribution in [0.15, 0.2) is 29.2 Å². The minimum absolute atomic E-state index is 0.0344. The molecule has 0 amide bonds. The minimum Gasteiger partial charge on any atom is -0.465 e. The third-order valence-electron chi connectivity index (χ3n) is 3.77. The van der Waals surface area contributed by atoms with E-state index in [0.29, 0.717) is 13.0 Å². The van der Waals surface area contributed by atoms with Gasteiger partial charge in [-0.2, -0.15) is 4.31 Å². The summed E-state index contributed by atoms with van der Waals surface area (Å²) in [6.07, 6.45) is -0.0609. The van der Waals surface area contributed by atoms with Gasteiger partial charge >= 0.3 is 5.97 Å². The molecular weight excluding hydrogens is 294 g/mol. The van der Waals surface area contributed by atoms with E-state index in [2.05, 4.69) is 4.74 Å². The molecule has 6 nitrogen and oxygen atoms in total. The Morgan fingerprint density at radius 3 is 2.76 bits per heavy atom. The lowest BCUT2D eigenvalue weighted by atomic mass is 9.98. The van der Waals surface area contributed by atoms with Gasteiger partial charge in [0.2, 0.25) is 10.0 Å². The molecule has 2 unspecified atom stereocenters. The van der Waals surface area contributed by atoms with Crippen LogP contribution in [-0.4, -0.2) is 50.1 Å². The van der Waals surface area contributed by atoms with Gasteiger partial charge in [0.05, 0.1) is 23.7 Å². The largest absolute Gasteiger partial charge is 0.465 e. The zero-order valence-electron chi connectivity index (χ0n) is 12.0. The summed E-state index contributed by atoms with van der Waals surface area (Å²) in [4.78, 5) is 11.5. The van der Waals surface area contributed by atoms with Gasteiger partial charge < -0.3 is 9.84 Å². The Labute approximate surface area is 124 Å². The normalized spacial score (nSPS) is 23.8. The fourth-order valence-corrected chi connectivity index (χ4v) is 3.81. The smallest absolute Gasteiger partial charge is 0.337 e. The molecule has 1 aromatic rings. The summed E-state index contributed by atoms with van der Waals surface area (Å²) in [6.45, 7) is 2.33. The SMILES string of the molecule is COC(=O)c1cccc(S(=O)(=O)N2CCC(C)C(O)C2)c1. The van der Waals surface area contributed by atoms with Crippen LogP contribution < -0.4 is 0 Å². The van der Waals surface area contributed by atoms with Gasteiger partial charge in [0.25, 0.3) is 0 Å². The Bertz CT molecular complexity index is 628. The average Bonchev–Trinajstić information content (AvgIpc) is 2.49. The molecule has 1 aromatic carbocycles. The first-order chi connectivity index (χ1) is 9.86. The van der Waals surface area contributed by atoms with Crippen molar-refractivity contribution in [2.45, 2.75) is 24.3 Å². The highest BCUT2D eigenvalue weighted by Crippen LogP contribution is 2.24. The number of hydrogen-bond acceptors (Lipinski definition) is 5. The number of β-amino-alcohol motifs (C(OH)–C–C–N with tert-alkyl or cyclic N) is 1. The summed E-state index contributed by atoms with van der Waals surface area (Å²) in [5, 5.41) is 9.86. The van der Waals surface area contributed by atoms with E-state index in [4.69, 9.17) is 0 Å². The van der Waals surface area contributed by atoms with Crippen LogP contribution in [0.2, 0.25) is 0 Å². The van der Waals surface area contributed by atoms with Crippen LogP contribution in [0.25, 0.3) is 0 Å². The predicted octanol–water partition coefficient (Wildman–Crippen LogP) is 0.865. The molecule has 7 heteroatoms. The van der Waals surface area contributed by atoms with Crippen LogP contribution in [-0.2, 0) is 14.8 Å². The summed E-state index contributed by atoms with van der Waals surface area (Å²) >= 11 is 0. The van der Waals surface area contributed by atoms with Gasteiger partial charge in [-0.3, -0.25) is 0 Å². The third-order valence-corrected chi connectivity index (χ3v) is 5.64. The van der Waals surface area contributed by atoms with E-state index in [0.717, 1.165) is 0 Å². The molecule has 1 aliphatic heterocycles. The second-order valence-electron chi connectivity index (χ2n) is 5.22. The molecule has 1 N–H and O–H groups in total. The number of carbonyl (C=O) groups excluding carboxylic acids is 1.